The van der Waals surface area contributed by atoms with Crippen LogP contribution in [0.15, 0.2) is 16.0 Å². The van der Waals surface area contributed by atoms with Crippen molar-refractivity contribution in [3.63, 3.8) is 0 Å². The van der Waals surface area contributed by atoms with E-state index in [1.807, 2.05) is 12.3 Å². The topological polar surface area (TPSA) is 68.0 Å². The molecule has 0 aromatic carbocycles. The fourth-order valence-electron chi connectivity index (χ4n) is 1.27. The number of hydrogen-bond donors (Lipinski definition) is 1. The molecule has 0 spiro atoms. The summed E-state index contributed by atoms with van der Waals surface area (Å²) in [6.07, 6.45) is 0.260. The minimum absolute atomic E-state index is 0.140. The Morgan fingerprint density at radius 2 is 2.38 bits per heavy atom. The van der Waals surface area contributed by atoms with Crippen LogP contribution < -0.4 is 5.32 Å². The van der Waals surface area contributed by atoms with Crippen LogP contribution in [0.25, 0.3) is 0 Å². The van der Waals surface area contributed by atoms with Crippen molar-refractivity contribution >= 4 is 23.1 Å². The van der Waals surface area contributed by atoms with Gasteiger partial charge in [-0.15, -0.1) is 11.3 Å². The number of carbonyl (C=O) groups excluding carboxylic acids is 1. The average molecular weight is 237 g/mol. The van der Waals surface area contributed by atoms with Crippen LogP contribution in [0.1, 0.15) is 16.5 Å². The van der Waals surface area contributed by atoms with E-state index in [1.165, 1.54) is 11.3 Å². The Labute approximate surface area is 96.5 Å². The molecule has 1 N–H and O–H groups in total. The number of aromatic nitrogens is 2. The molecule has 84 valence electrons. The molecule has 0 unspecified atom stereocenters. The fraction of sp³-hybridized carbons (Fsp3) is 0.300. The number of nitrogens with one attached hydrogen (secondary N) is 1. The molecule has 0 saturated carbocycles. The predicted molar refractivity (Wildman–Crippen MR) is 60.4 cm³/mol. The number of hydrogen-bond acceptors (Lipinski definition) is 5. The highest BCUT2D eigenvalue weighted by molar-refractivity contribution is 7.09. The lowest BCUT2D eigenvalue weighted by Gasteiger charge is -1.97. The number of carbonyl (C=O) groups is 1. The summed E-state index contributed by atoms with van der Waals surface area (Å²) in [5.74, 6) is 0.966. The van der Waals surface area contributed by atoms with E-state index in [9.17, 15) is 4.79 Å². The van der Waals surface area contributed by atoms with Crippen LogP contribution in [0.4, 0.5) is 5.82 Å². The summed E-state index contributed by atoms with van der Waals surface area (Å²) in [6, 6.07) is 1.67. The van der Waals surface area contributed by atoms with Gasteiger partial charge < -0.3 is 9.84 Å². The minimum atomic E-state index is -0.140. The van der Waals surface area contributed by atoms with Crippen molar-refractivity contribution in [2.45, 2.75) is 20.3 Å². The maximum atomic E-state index is 11.6. The zero-order valence-electron chi connectivity index (χ0n) is 8.98. The molecule has 0 bridgehead atoms. The summed E-state index contributed by atoms with van der Waals surface area (Å²) in [5, 5.41) is 9.16. The smallest absolute Gasteiger partial charge is 0.231 e. The molecule has 0 saturated heterocycles. The molecule has 5 nitrogen and oxygen atoms in total. The lowest BCUT2D eigenvalue weighted by atomic mass is 10.3. The SMILES string of the molecule is Cc1cc(NC(=O)Cc2csc(C)n2)no1. The molecule has 1 amide bonds. The highest BCUT2D eigenvalue weighted by Crippen LogP contribution is 2.10. The summed E-state index contributed by atoms with van der Waals surface area (Å²) in [5.41, 5.74) is 0.778. The Hall–Kier alpha value is -1.69. The molecule has 6 heteroatoms. The van der Waals surface area contributed by atoms with Crippen LogP contribution in [0.3, 0.4) is 0 Å². The van der Waals surface area contributed by atoms with Gasteiger partial charge >= 0.3 is 0 Å². The lowest BCUT2D eigenvalue weighted by Crippen LogP contribution is -2.14. The van der Waals surface area contributed by atoms with Crippen LogP contribution in [0.5, 0.6) is 0 Å². The van der Waals surface area contributed by atoms with E-state index in [4.69, 9.17) is 4.52 Å². The first-order valence-corrected chi connectivity index (χ1v) is 5.65. The van der Waals surface area contributed by atoms with Gasteiger partial charge in [0.05, 0.1) is 17.1 Å². The van der Waals surface area contributed by atoms with Gasteiger partial charge in [0.2, 0.25) is 5.91 Å². The van der Waals surface area contributed by atoms with Crippen molar-refractivity contribution < 1.29 is 9.32 Å². The number of amides is 1. The number of anilines is 1. The van der Waals surface area contributed by atoms with Gasteiger partial charge in [0, 0.05) is 11.4 Å². The monoisotopic (exact) mass is 237 g/mol. The molecule has 0 atom stereocenters. The number of rotatable bonds is 3. The standard InChI is InChI=1S/C10H11N3O2S/c1-6-3-9(13-15-6)12-10(14)4-8-5-16-7(2)11-8/h3,5H,4H2,1-2H3,(H,12,13,14). The molecule has 0 fully saturated rings. The highest BCUT2D eigenvalue weighted by Gasteiger charge is 2.08. The molecule has 0 aliphatic carbocycles. The maximum Gasteiger partial charge on any atom is 0.231 e. The van der Waals surface area contributed by atoms with E-state index in [2.05, 4.69) is 15.5 Å². The van der Waals surface area contributed by atoms with Crippen LogP contribution in [0.2, 0.25) is 0 Å². The van der Waals surface area contributed by atoms with Crippen LogP contribution >= 0.6 is 11.3 Å². The third kappa shape index (κ3) is 2.66. The van der Waals surface area contributed by atoms with E-state index in [1.54, 1.807) is 13.0 Å². The Morgan fingerprint density at radius 3 is 2.94 bits per heavy atom. The highest BCUT2D eigenvalue weighted by atomic mass is 32.1. The van der Waals surface area contributed by atoms with Gasteiger partial charge in [0.25, 0.3) is 0 Å². The second kappa shape index (κ2) is 4.44. The average Bonchev–Trinajstić information content (AvgIpc) is 2.76. The molecular formula is C10H11N3O2S. The van der Waals surface area contributed by atoms with Gasteiger partial charge in [-0.3, -0.25) is 4.79 Å². The third-order valence-electron chi connectivity index (χ3n) is 1.90. The van der Waals surface area contributed by atoms with Gasteiger partial charge in [0.15, 0.2) is 5.82 Å². The molecular weight excluding hydrogens is 226 g/mol. The van der Waals surface area contributed by atoms with Gasteiger partial charge in [-0.05, 0) is 13.8 Å². The Balaban J connectivity index is 1.94. The number of nitrogens with zero attached hydrogens (tertiary/aromatic N) is 2. The molecule has 0 aliphatic heterocycles. The van der Waals surface area contributed by atoms with E-state index in [0.29, 0.717) is 11.6 Å². The normalized spacial score (nSPS) is 10.4. The summed E-state index contributed by atoms with van der Waals surface area (Å²) < 4.78 is 4.84. The van der Waals surface area contributed by atoms with Gasteiger partial charge in [-0.1, -0.05) is 5.16 Å². The molecule has 0 radical (unpaired) electrons. The van der Waals surface area contributed by atoms with Crippen molar-refractivity contribution in [2.75, 3.05) is 5.32 Å². The summed E-state index contributed by atoms with van der Waals surface area (Å²) >= 11 is 1.53. The Bertz CT molecular complexity index is 459. The second-order valence-corrected chi connectivity index (χ2v) is 4.47. The van der Waals surface area contributed by atoms with Crippen LogP contribution in [-0.4, -0.2) is 16.0 Å². The van der Waals surface area contributed by atoms with E-state index in [0.717, 1.165) is 10.7 Å². The van der Waals surface area contributed by atoms with Crippen molar-refractivity contribution in [3.8, 4) is 0 Å². The second-order valence-electron chi connectivity index (χ2n) is 3.41. The molecule has 0 aliphatic rings. The van der Waals surface area contributed by atoms with Gasteiger partial charge in [-0.25, -0.2) is 4.98 Å². The largest absolute Gasteiger partial charge is 0.360 e. The van der Waals surface area contributed by atoms with E-state index >= 15 is 0 Å². The van der Waals surface area contributed by atoms with Crippen molar-refractivity contribution in [2.24, 2.45) is 0 Å². The van der Waals surface area contributed by atoms with E-state index < -0.39 is 0 Å². The maximum absolute atomic E-state index is 11.6. The molecule has 2 rings (SSSR count). The quantitative estimate of drug-likeness (QED) is 0.885. The summed E-state index contributed by atoms with van der Waals surface area (Å²) in [6.45, 7) is 3.68. The van der Waals surface area contributed by atoms with Crippen molar-refractivity contribution in [1.29, 1.82) is 0 Å². The van der Waals surface area contributed by atoms with Gasteiger partial charge in [-0.2, -0.15) is 0 Å². The lowest BCUT2D eigenvalue weighted by molar-refractivity contribution is -0.115. The van der Waals surface area contributed by atoms with Crippen molar-refractivity contribution in [1.82, 2.24) is 10.1 Å². The van der Waals surface area contributed by atoms with Crippen LogP contribution in [0, 0.1) is 13.8 Å². The van der Waals surface area contributed by atoms with Crippen LogP contribution in [-0.2, 0) is 11.2 Å². The van der Waals surface area contributed by atoms with Crippen molar-refractivity contribution in [3.05, 3.63) is 27.9 Å². The molecule has 16 heavy (non-hydrogen) atoms. The Kier molecular flexibility index (Phi) is 3.00. The summed E-state index contributed by atoms with van der Waals surface area (Å²) in [7, 11) is 0. The van der Waals surface area contributed by atoms with E-state index in [-0.39, 0.29) is 12.3 Å². The summed E-state index contributed by atoms with van der Waals surface area (Å²) in [4.78, 5) is 15.8. The number of aryl methyl sites for hydroxylation is 2. The minimum Gasteiger partial charge on any atom is -0.360 e. The van der Waals surface area contributed by atoms with Gasteiger partial charge in [0.1, 0.15) is 5.76 Å². The first-order chi connectivity index (χ1) is 7.63. The first kappa shape index (κ1) is 10.8. The third-order valence-corrected chi connectivity index (χ3v) is 2.73. The predicted octanol–water partition coefficient (Wildman–Crippen LogP) is 1.93. The zero-order valence-corrected chi connectivity index (χ0v) is 9.80. The fourth-order valence-corrected chi connectivity index (χ4v) is 1.88. The molecule has 2 aromatic heterocycles. The number of thiazole rings is 1. The zero-order chi connectivity index (χ0) is 11.5. The molecule has 2 aromatic rings. The first-order valence-electron chi connectivity index (χ1n) is 4.77. The molecule has 2 heterocycles. The Morgan fingerprint density at radius 1 is 1.56 bits per heavy atom.